The highest BCUT2D eigenvalue weighted by molar-refractivity contribution is 7.88. The summed E-state index contributed by atoms with van der Waals surface area (Å²) < 4.78 is 25.0. The lowest BCUT2D eigenvalue weighted by molar-refractivity contribution is -0.116. The van der Waals surface area contributed by atoms with Gasteiger partial charge in [-0.15, -0.1) is 0 Å². The van der Waals surface area contributed by atoms with Gasteiger partial charge in [-0.05, 0) is 35.9 Å². The first kappa shape index (κ1) is 19.9. The van der Waals surface area contributed by atoms with E-state index in [9.17, 15) is 18.0 Å². The van der Waals surface area contributed by atoms with Gasteiger partial charge >= 0.3 is 0 Å². The van der Waals surface area contributed by atoms with Crippen molar-refractivity contribution >= 4 is 39.1 Å². The van der Waals surface area contributed by atoms with Crippen LogP contribution >= 0.6 is 11.6 Å². The molecule has 0 atom stereocenters. The normalized spacial score (nSPS) is 11.3. The summed E-state index contributed by atoms with van der Waals surface area (Å²) in [6.07, 6.45) is 1.03. The monoisotopic (exact) mass is 395 g/mol. The fourth-order valence-corrected chi connectivity index (χ4v) is 3.11. The summed E-state index contributed by atoms with van der Waals surface area (Å²) in [6, 6.07) is 12.8. The maximum absolute atomic E-state index is 12.2. The summed E-state index contributed by atoms with van der Waals surface area (Å²) >= 11 is 6.07. The van der Waals surface area contributed by atoms with Crippen LogP contribution < -0.4 is 11.1 Å². The first-order chi connectivity index (χ1) is 12.2. The van der Waals surface area contributed by atoms with Crippen molar-refractivity contribution in [3.8, 4) is 0 Å². The summed E-state index contributed by atoms with van der Waals surface area (Å²) in [7, 11) is -3.63. The first-order valence-electron chi connectivity index (χ1n) is 7.55. The summed E-state index contributed by atoms with van der Waals surface area (Å²) in [5.41, 5.74) is 6.48. The molecule has 2 amide bonds. The largest absolute Gasteiger partial charge is 0.366 e. The molecule has 0 aliphatic rings. The molecule has 0 unspecified atom stereocenters. The number of halogens is 1. The van der Waals surface area contributed by atoms with E-state index in [0.717, 1.165) is 10.6 Å². The summed E-state index contributed by atoms with van der Waals surface area (Å²) in [6.45, 7) is -0.395. The number of sulfonamides is 1. The molecule has 7 nitrogen and oxygen atoms in total. The van der Waals surface area contributed by atoms with Crippen LogP contribution in [0.1, 0.15) is 15.9 Å². The predicted octanol–water partition coefficient (Wildman–Crippen LogP) is 1.84. The third kappa shape index (κ3) is 5.55. The molecule has 2 aromatic carbocycles. The maximum atomic E-state index is 12.2. The number of nitrogens with zero attached hydrogens (tertiary/aromatic N) is 1. The molecule has 0 aromatic heterocycles. The Balaban J connectivity index is 2.09. The molecule has 0 saturated heterocycles. The molecule has 26 heavy (non-hydrogen) atoms. The van der Waals surface area contributed by atoms with E-state index in [4.69, 9.17) is 17.3 Å². The Morgan fingerprint density at radius 1 is 1.12 bits per heavy atom. The quantitative estimate of drug-likeness (QED) is 0.745. The molecule has 2 aromatic rings. The Hall–Kier alpha value is -2.42. The number of primary amides is 1. The van der Waals surface area contributed by atoms with Crippen LogP contribution in [-0.4, -0.2) is 37.3 Å². The number of nitrogens with two attached hydrogens (primary N) is 1. The number of hydrogen-bond donors (Lipinski definition) is 2. The number of benzene rings is 2. The summed E-state index contributed by atoms with van der Waals surface area (Å²) in [5.74, 6) is -1.10. The molecule has 0 aliphatic heterocycles. The molecule has 3 N–H and O–H groups in total. The molecule has 0 aliphatic carbocycles. The Labute approximate surface area is 156 Å². The highest BCUT2D eigenvalue weighted by atomic mass is 35.5. The molecular formula is C17H18ClN3O4S. The second-order valence-corrected chi connectivity index (χ2v) is 8.00. The maximum Gasteiger partial charge on any atom is 0.248 e. The minimum Gasteiger partial charge on any atom is -0.366 e. The number of carbonyl (C=O) groups excluding carboxylic acids is 2. The molecule has 138 valence electrons. The zero-order chi connectivity index (χ0) is 19.3. The fourth-order valence-electron chi connectivity index (χ4n) is 2.19. The van der Waals surface area contributed by atoms with Crippen LogP contribution in [0.4, 0.5) is 5.69 Å². The molecule has 0 fully saturated rings. The number of anilines is 1. The zero-order valence-electron chi connectivity index (χ0n) is 14.0. The van der Waals surface area contributed by atoms with Crippen molar-refractivity contribution < 1.29 is 18.0 Å². The van der Waals surface area contributed by atoms with Gasteiger partial charge < -0.3 is 11.1 Å². The molecule has 2 rings (SSSR count). The lowest BCUT2D eigenvalue weighted by Gasteiger charge is -2.20. The van der Waals surface area contributed by atoms with Gasteiger partial charge in [-0.2, -0.15) is 4.31 Å². The van der Waals surface area contributed by atoms with Crippen molar-refractivity contribution in [2.24, 2.45) is 5.73 Å². The summed E-state index contributed by atoms with van der Waals surface area (Å²) in [5, 5.41) is 3.00. The van der Waals surface area contributed by atoms with Gasteiger partial charge in [0.15, 0.2) is 0 Å². The van der Waals surface area contributed by atoms with Crippen LogP contribution in [0.2, 0.25) is 5.02 Å². The number of amides is 2. The number of rotatable bonds is 7. The minimum atomic E-state index is -3.63. The topological polar surface area (TPSA) is 110 Å². The van der Waals surface area contributed by atoms with Crippen LogP contribution in [0.3, 0.4) is 0 Å². The Morgan fingerprint density at radius 2 is 1.73 bits per heavy atom. The average molecular weight is 396 g/mol. The van der Waals surface area contributed by atoms with Gasteiger partial charge in [0.05, 0.1) is 12.8 Å². The smallest absolute Gasteiger partial charge is 0.248 e. The standard InChI is InChI=1S/C17H18ClN3O4S/c1-26(24,25)21(10-13-4-2-3-5-15(13)18)11-16(22)20-14-8-6-12(7-9-14)17(19)23/h2-9H,10-11H2,1H3,(H2,19,23)(H,20,22). The van der Waals surface area contributed by atoms with E-state index in [1.165, 1.54) is 24.3 Å². The number of hydrogen-bond acceptors (Lipinski definition) is 4. The van der Waals surface area contributed by atoms with E-state index >= 15 is 0 Å². The average Bonchev–Trinajstić information content (AvgIpc) is 2.55. The predicted molar refractivity (Wildman–Crippen MR) is 100 cm³/mol. The second kappa shape index (κ2) is 8.31. The van der Waals surface area contributed by atoms with Gasteiger partial charge in [0.2, 0.25) is 21.8 Å². The molecule has 9 heteroatoms. The SMILES string of the molecule is CS(=O)(=O)N(CC(=O)Nc1ccc(C(N)=O)cc1)Cc1ccccc1Cl. The lowest BCUT2D eigenvalue weighted by Crippen LogP contribution is -2.37. The van der Waals surface area contributed by atoms with Crippen molar-refractivity contribution in [2.75, 3.05) is 18.1 Å². The fraction of sp³-hybridized carbons (Fsp3) is 0.176. The van der Waals surface area contributed by atoms with E-state index in [1.54, 1.807) is 24.3 Å². The van der Waals surface area contributed by atoms with Crippen molar-refractivity contribution in [2.45, 2.75) is 6.54 Å². The third-order valence-electron chi connectivity index (χ3n) is 3.55. The van der Waals surface area contributed by atoms with E-state index in [0.29, 0.717) is 21.8 Å². The van der Waals surface area contributed by atoms with Crippen LogP contribution in [-0.2, 0) is 21.4 Å². The van der Waals surface area contributed by atoms with Crippen LogP contribution in [0, 0.1) is 0 Å². The van der Waals surface area contributed by atoms with Crippen molar-refractivity contribution in [3.05, 3.63) is 64.7 Å². The van der Waals surface area contributed by atoms with Gasteiger partial charge in [-0.3, -0.25) is 9.59 Å². The lowest BCUT2D eigenvalue weighted by atomic mass is 10.2. The van der Waals surface area contributed by atoms with Crippen molar-refractivity contribution in [3.63, 3.8) is 0 Å². The molecule has 0 radical (unpaired) electrons. The van der Waals surface area contributed by atoms with E-state index in [1.807, 2.05) is 0 Å². The van der Waals surface area contributed by atoms with E-state index in [2.05, 4.69) is 5.32 Å². The van der Waals surface area contributed by atoms with Crippen LogP contribution in [0.25, 0.3) is 0 Å². The van der Waals surface area contributed by atoms with Gasteiger partial charge in [-0.25, -0.2) is 8.42 Å². The minimum absolute atomic E-state index is 0.0213. The van der Waals surface area contributed by atoms with Gasteiger partial charge in [0.25, 0.3) is 0 Å². The van der Waals surface area contributed by atoms with E-state index < -0.39 is 21.8 Å². The Morgan fingerprint density at radius 3 is 2.27 bits per heavy atom. The van der Waals surface area contributed by atoms with Crippen molar-refractivity contribution in [1.29, 1.82) is 0 Å². The Kier molecular flexibility index (Phi) is 6.36. The van der Waals surface area contributed by atoms with Crippen LogP contribution in [0.5, 0.6) is 0 Å². The van der Waals surface area contributed by atoms with Gasteiger partial charge in [0, 0.05) is 22.8 Å². The third-order valence-corrected chi connectivity index (χ3v) is 5.11. The van der Waals surface area contributed by atoms with Gasteiger partial charge in [0.1, 0.15) is 0 Å². The van der Waals surface area contributed by atoms with Crippen LogP contribution in [0.15, 0.2) is 48.5 Å². The summed E-state index contributed by atoms with van der Waals surface area (Å²) in [4.78, 5) is 23.3. The number of nitrogens with one attached hydrogen (secondary N) is 1. The highest BCUT2D eigenvalue weighted by Gasteiger charge is 2.21. The highest BCUT2D eigenvalue weighted by Crippen LogP contribution is 2.18. The molecule has 0 spiro atoms. The van der Waals surface area contributed by atoms with Gasteiger partial charge in [-0.1, -0.05) is 29.8 Å². The molecule has 0 bridgehead atoms. The van der Waals surface area contributed by atoms with E-state index in [-0.39, 0.29) is 13.1 Å². The zero-order valence-corrected chi connectivity index (χ0v) is 15.5. The molecule has 0 saturated carbocycles. The molecule has 0 heterocycles. The first-order valence-corrected chi connectivity index (χ1v) is 9.77. The second-order valence-electron chi connectivity index (χ2n) is 5.61. The van der Waals surface area contributed by atoms with Crippen molar-refractivity contribution in [1.82, 2.24) is 4.31 Å². The number of carbonyl (C=O) groups is 2. The Bertz CT molecular complexity index is 914. The molecular weight excluding hydrogens is 378 g/mol.